The lowest BCUT2D eigenvalue weighted by molar-refractivity contribution is -0.127. The molecule has 3 heteroatoms. The van der Waals surface area contributed by atoms with E-state index in [1.807, 2.05) is 30.3 Å². The molecule has 14 heavy (non-hydrogen) atoms. The zero-order valence-corrected chi connectivity index (χ0v) is 8.40. The summed E-state index contributed by atoms with van der Waals surface area (Å²) in [5.41, 5.74) is 0.767. The third-order valence-corrected chi connectivity index (χ3v) is 2.27. The maximum atomic E-state index is 11.3. The number of hydrogen-bond donors (Lipinski definition) is 2. The molecule has 0 aliphatic heterocycles. The number of aliphatic hydroxyl groups excluding tert-OH is 1. The van der Waals surface area contributed by atoms with E-state index in [0.29, 0.717) is 0 Å². The Balaban J connectivity index is 2.75. The molecule has 0 saturated heterocycles. The summed E-state index contributed by atoms with van der Waals surface area (Å²) in [6, 6.07) is 9.18. The lowest BCUT2D eigenvalue weighted by Crippen LogP contribution is -2.29. The molecule has 0 spiro atoms. The van der Waals surface area contributed by atoms with Gasteiger partial charge in [-0.25, -0.2) is 0 Å². The average Bonchev–Trinajstić information content (AvgIpc) is 2.27. The van der Waals surface area contributed by atoms with Gasteiger partial charge in [-0.1, -0.05) is 37.3 Å². The third-order valence-electron chi connectivity index (χ3n) is 2.27. The molecule has 1 aromatic rings. The largest absolute Gasteiger partial charge is 0.388 e. The van der Waals surface area contributed by atoms with Crippen LogP contribution in [0.25, 0.3) is 0 Å². The maximum Gasteiger partial charge on any atom is 0.225 e. The van der Waals surface area contributed by atoms with Gasteiger partial charge in [-0.2, -0.15) is 0 Å². The van der Waals surface area contributed by atoms with Crippen LogP contribution in [0.5, 0.6) is 0 Å². The molecule has 3 nitrogen and oxygen atoms in total. The molecular formula is C11H15NO2. The van der Waals surface area contributed by atoms with Crippen LogP contribution in [0.2, 0.25) is 0 Å². The van der Waals surface area contributed by atoms with Crippen molar-refractivity contribution in [3.05, 3.63) is 35.9 Å². The Hall–Kier alpha value is -1.35. The summed E-state index contributed by atoms with van der Waals surface area (Å²) in [5, 5.41) is 12.3. The molecule has 0 aromatic heterocycles. The van der Waals surface area contributed by atoms with Gasteiger partial charge in [0.05, 0.1) is 12.0 Å². The van der Waals surface area contributed by atoms with Crippen molar-refractivity contribution in [2.45, 2.75) is 13.0 Å². The molecule has 0 bridgehead atoms. The third kappa shape index (κ3) is 2.33. The molecule has 0 aliphatic rings. The van der Waals surface area contributed by atoms with Crippen molar-refractivity contribution in [2.24, 2.45) is 5.92 Å². The number of carbonyl (C=O) groups excluding carboxylic acids is 1. The summed E-state index contributed by atoms with van der Waals surface area (Å²) in [5.74, 6) is -0.580. The van der Waals surface area contributed by atoms with E-state index < -0.39 is 12.0 Å². The van der Waals surface area contributed by atoms with Crippen LogP contribution in [0.3, 0.4) is 0 Å². The van der Waals surface area contributed by atoms with Gasteiger partial charge in [0, 0.05) is 7.05 Å². The lowest BCUT2D eigenvalue weighted by atomic mass is 9.97. The zero-order valence-electron chi connectivity index (χ0n) is 8.40. The van der Waals surface area contributed by atoms with Crippen LogP contribution in [0.4, 0.5) is 0 Å². The summed E-state index contributed by atoms with van der Waals surface area (Å²) >= 11 is 0. The topological polar surface area (TPSA) is 49.3 Å². The molecule has 0 unspecified atom stereocenters. The number of amides is 1. The number of nitrogens with one attached hydrogen (secondary N) is 1. The Labute approximate surface area is 83.8 Å². The first-order valence-corrected chi connectivity index (χ1v) is 4.61. The molecule has 1 rings (SSSR count). The fraction of sp³-hybridized carbons (Fsp3) is 0.364. The molecule has 76 valence electrons. The summed E-state index contributed by atoms with van der Waals surface area (Å²) in [6.07, 6.45) is -0.740. The second-order valence-corrected chi connectivity index (χ2v) is 3.26. The van der Waals surface area contributed by atoms with E-state index in [-0.39, 0.29) is 5.91 Å². The van der Waals surface area contributed by atoms with Crippen molar-refractivity contribution < 1.29 is 9.90 Å². The highest BCUT2D eigenvalue weighted by atomic mass is 16.3. The van der Waals surface area contributed by atoms with Crippen LogP contribution in [0.1, 0.15) is 18.6 Å². The van der Waals surface area contributed by atoms with Gasteiger partial charge in [0.25, 0.3) is 0 Å². The Bertz CT molecular complexity index is 297. The van der Waals surface area contributed by atoms with E-state index in [1.54, 1.807) is 14.0 Å². The first-order valence-electron chi connectivity index (χ1n) is 4.61. The van der Waals surface area contributed by atoms with Crippen molar-refractivity contribution >= 4 is 5.91 Å². The fourth-order valence-corrected chi connectivity index (χ4v) is 1.31. The van der Waals surface area contributed by atoms with Gasteiger partial charge >= 0.3 is 0 Å². The number of carbonyl (C=O) groups is 1. The Morgan fingerprint density at radius 1 is 1.36 bits per heavy atom. The van der Waals surface area contributed by atoms with Gasteiger partial charge in [0.1, 0.15) is 0 Å². The Morgan fingerprint density at radius 2 is 1.93 bits per heavy atom. The normalized spacial score (nSPS) is 14.5. The van der Waals surface area contributed by atoms with Gasteiger partial charge in [-0.15, -0.1) is 0 Å². The van der Waals surface area contributed by atoms with Crippen molar-refractivity contribution in [2.75, 3.05) is 7.05 Å². The number of hydrogen-bond acceptors (Lipinski definition) is 2. The summed E-state index contributed by atoms with van der Waals surface area (Å²) < 4.78 is 0. The molecule has 0 aliphatic carbocycles. The Morgan fingerprint density at radius 3 is 2.43 bits per heavy atom. The van der Waals surface area contributed by atoms with Gasteiger partial charge in [0.2, 0.25) is 5.91 Å². The minimum atomic E-state index is -0.740. The lowest BCUT2D eigenvalue weighted by Gasteiger charge is -2.17. The van der Waals surface area contributed by atoms with Gasteiger partial charge < -0.3 is 10.4 Å². The van der Waals surface area contributed by atoms with Crippen LogP contribution in [-0.2, 0) is 4.79 Å². The summed E-state index contributed by atoms with van der Waals surface area (Å²) in [7, 11) is 1.57. The standard InChI is InChI=1S/C11H15NO2/c1-8(11(14)12-2)10(13)9-6-4-3-5-7-9/h3-8,10,13H,1-2H3,(H,12,14)/t8-,10+/m0/s1. The molecule has 2 atom stereocenters. The highest BCUT2D eigenvalue weighted by Gasteiger charge is 2.21. The van der Waals surface area contributed by atoms with Crippen molar-refractivity contribution in [1.82, 2.24) is 5.32 Å². The van der Waals surface area contributed by atoms with Crippen molar-refractivity contribution in [1.29, 1.82) is 0 Å². The molecule has 0 heterocycles. The zero-order chi connectivity index (χ0) is 10.6. The van der Waals surface area contributed by atoms with E-state index >= 15 is 0 Å². The van der Waals surface area contributed by atoms with Crippen LogP contribution >= 0.6 is 0 Å². The number of rotatable bonds is 3. The van der Waals surface area contributed by atoms with Crippen LogP contribution in [-0.4, -0.2) is 18.1 Å². The smallest absolute Gasteiger partial charge is 0.225 e. The molecule has 0 saturated carbocycles. The van der Waals surface area contributed by atoms with E-state index in [2.05, 4.69) is 5.32 Å². The molecular weight excluding hydrogens is 178 g/mol. The monoisotopic (exact) mass is 193 g/mol. The molecule has 1 aromatic carbocycles. The molecule has 0 radical (unpaired) electrons. The molecule has 1 amide bonds. The predicted molar refractivity (Wildman–Crippen MR) is 54.6 cm³/mol. The number of aliphatic hydroxyl groups is 1. The van der Waals surface area contributed by atoms with Gasteiger partial charge in [-0.3, -0.25) is 4.79 Å². The van der Waals surface area contributed by atoms with E-state index in [4.69, 9.17) is 0 Å². The Kier molecular flexibility index (Phi) is 3.65. The van der Waals surface area contributed by atoms with Gasteiger partial charge in [-0.05, 0) is 5.56 Å². The minimum Gasteiger partial charge on any atom is -0.388 e. The van der Waals surface area contributed by atoms with Crippen LogP contribution < -0.4 is 5.32 Å². The first kappa shape index (κ1) is 10.7. The van der Waals surface area contributed by atoms with E-state index in [0.717, 1.165) is 5.56 Å². The highest BCUT2D eigenvalue weighted by Crippen LogP contribution is 2.21. The maximum absolute atomic E-state index is 11.3. The quantitative estimate of drug-likeness (QED) is 0.755. The van der Waals surface area contributed by atoms with Crippen molar-refractivity contribution in [3.63, 3.8) is 0 Å². The number of benzene rings is 1. The van der Waals surface area contributed by atoms with Crippen LogP contribution in [0, 0.1) is 5.92 Å². The van der Waals surface area contributed by atoms with E-state index in [9.17, 15) is 9.90 Å². The van der Waals surface area contributed by atoms with E-state index in [1.165, 1.54) is 0 Å². The SMILES string of the molecule is CNC(=O)[C@@H](C)[C@@H](O)c1ccccc1. The molecule has 0 fully saturated rings. The summed E-state index contributed by atoms with van der Waals surface area (Å²) in [6.45, 7) is 1.70. The second-order valence-electron chi connectivity index (χ2n) is 3.26. The molecule has 2 N–H and O–H groups in total. The summed E-state index contributed by atoms with van der Waals surface area (Å²) in [4.78, 5) is 11.3. The average molecular weight is 193 g/mol. The highest BCUT2D eigenvalue weighted by molar-refractivity contribution is 5.78. The fourth-order valence-electron chi connectivity index (χ4n) is 1.31. The predicted octanol–water partition coefficient (Wildman–Crippen LogP) is 1.10. The minimum absolute atomic E-state index is 0.152. The van der Waals surface area contributed by atoms with Gasteiger partial charge in [0.15, 0.2) is 0 Å². The van der Waals surface area contributed by atoms with Crippen LogP contribution in [0.15, 0.2) is 30.3 Å². The van der Waals surface area contributed by atoms with Crippen molar-refractivity contribution in [3.8, 4) is 0 Å². The second kappa shape index (κ2) is 4.77. The first-order chi connectivity index (χ1) is 6.66.